The number of hydrogen-bond donors (Lipinski definition) is 23. The maximum atomic E-state index is 15.1. The van der Waals surface area contributed by atoms with Crippen LogP contribution in [0.15, 0.2) is 64.6 Å². The lowest BCUT2D eigenvalue weighted by atomic mass is 9.92. The molecule has 0 saturated carbocycles. The van der Waals surface area contributed by atoms with E-state index in [2.05, 4.69) is 47.2 Å². The Hall–Kier alpha value is -7.12. The molecule has 2 aromatic rings. The number of guanidine groups is 2. The van der Waals surface area contributed by atoms with Gasteiger partial charge >= 0.3 is 0 Å². The van der Waals surface area contributed by atoms with Crippen LogP contribution >= 0.6 is 0 Å². The van der Waals surface area contributed by atoms with Crippen molar-refractivity contribution in [2.75, 3.05) is 46.1 Å². The summed E-state index contributed by atoms with van der Waals surface area (Å²) in [5.41, 5.74) is 12.8. The van der Waals surface area contributed by atoms with Crippen molar-refractivity contribution >= 4 is 47.4 Å². The molecule has 4 saturated heterocycles. The summed E-state index contributed by atoms with van der Waals surface area (Å²) in [4.78, 5) is 96.0. The lowest BCUT2D eigenvalue weighted by Crippen LogP contribution is -2.70. The second-order valence-electron chi connectivity index (χ2n) is 22.6. The molecule has 4 fully saturated rings. The monoisotopic (exact) mass is 1290 g/mol. The van der Waals surface area contributed by atoms with Crippen LogP contribution in [0, 0.1) is 0 Å². The van der Waals surface area contributed by atoms with E-state index in [0.717, 1.165) is 4.90 Å². The molecule has 37 nitrogen and oxygen atoms in total. The van der Waals surface area contributed by atoms with Crippen LogP contribution in [0.25, 0.3) is 0 Å². The minimum Gasteiger partial charge on any atom is -0.462 e. The molecule has 8 rings (SSSR count). The molecule has 25 atom stereocenters. The Labute approximate surface area is 517 Å². The summed E-state index contributed by atoms with van der Waals surface area (Å²) in [5.74, 6) is -9.00. The number of nitrogens with zero attached hydrogens (tertiary/aromatic N) is 3. The first-order chi connectivity index (χ1) is 43.3. The Morgan fingerprint density at radius 1 is 0.571 bits per heavy atom. The smallest absolute Gasteiger partial charge is 0.246 e. The van der Waals surface area contributed by atoms with Crippen LogP contribution in [-0.4, -0.2) is 316 Å². The van der Waals surface area contributed by atoms with E-state index in [0.29, 0.717) is 5.56 Å². The first kappa shape index (κ1) is 69.8. The van der Waals surface area contributed by atoms with Crippen molar-refractivity contribution in [1.82, 2.24) is 42.1 Å². The van der Waals surface area contributed by atoms with Crippen LogP contribution in [0.4, 0.5) is 0 Å². The number of nitrogens with two attached hydrogens (primary N) is 2. The maximum absolute atomic E-state index is 15.1. The molecule has 504 valence electrons. The molecule has 37 heteroatoms. The summed E-state index contributed by atoms with van der Waals surface area (Å²) >= 11 is 0. The van der Waals surface area contributed by atoms with Gasteiger partial charge in [0.2, 0.25) is 41.7 Å². The third kappa shape index (κ3) is 15.7. The second kappa shape index (κ2) is 30.5. The van der Waals surface area contributed by atoms with E-state index in [1.54, 1.807) is 37.3 Å². The van der Waals surface area contributed by atoms with Crippen molar-refractivity contribution in [3.63, 3.8) is 0 Å². The predicted octanol–water partition coefficient (Wildman–Crippen LogP) is -13.6. The van der Waals surface area contributed by atoms with Crippen LogP contribution in [0.5, 0.6) is 5.75 Å². The Bertz CT molecular complexity index is 2900. The topological polar surface area (TPSA) is 596 Å². The minimum absolute atomic E-state index is 0.0746. The molecule has 6 aliphatic rings. The van der Waals surface area contributed by atoms with Gasteiger partial charge in [-0.05, 0) is 23.3 Å². The molecule has 0 spiro atoms. The number of aliphatic imine (C=N–C) groups is 2. The largest absolute Gasteiger partial charge is 0.462 e. The van der Waals surface area contributed by atoms with Gasteiger partial charge < -0.3 is 149 Å². The van der Waals surface area contributed by atoms with Gasteiger partial charge in [-0.1, -0.05) is 49.4 Å². The molecule has 91 heavy (non-hydrogen) atoms. The highest BCUT2D eigenvalue weighted by Crippen LogP contribution is 2.32. The number of benzene rings is 2. The lowest BCUT2D eigenvalue weighted by Gasteiger charge is -2.46. The zero-order valence-electron chi connectivity index (χ0n) is 48.5. The molecule has 6 heterocycles. The first-order valence-electron chi connectivity index (χ1n) is 28.9. The van der Waals surface area contributed by atoms with E-state index >= 15 is 9.59 Å². The van der Waals surface area contributed by atoms with E-state index in [4.69, 9.17) is 35.2 Å². The van der Waals surface area contributed by atoms with Crippen LogP contribution in [0.2, 0.25) is 0 Å². The molecular formula is C54H78N12O25. The molecule has 0 bridgehead atoms. The highest BCUT2D eigenvalue weighted by atomic mass is 16.7. The summed E-state index contributed by atoms with van der Waals surface area (Å²) in [7, 11) is 0. The average molecular weight is 1300 g/mol. The minimum atomic E-state index is -2.35. The standard InChI is InChI=1S/C54H78N12O25/c1-19(21-5-3-2-4-6-21)31-47(84)60-23(11-20-7-9-22(10-8-20)87-51-43(81)40(78)44(29(18-70)90-51)91-52-42(80)39(77)37(75)28(17-69)89-52)46(83)64-32(34(72)24-12-58-53(55)62-24)49(86)65-33(48(85)61-25(15-67)45(82)57-14-30(71)63-31)35(73)26-13-59-54(56)66(26)50-41(79)38(76)36(74)27(16-68)88-50/h2-10,19,23-29,31-44,50-52,67-70,72-81H,11-18H2,1H3,(H2,56,59)(H,57,82)(H,60,84)(H,61,85)(H,63,71)(H,64,83)(H,65,86)(H3,55,58,62)/t19?,23?,24?,25?,26?,27-,28-,29?,31?,32?,33?,34?,35?,36-,37-,38+,39+,40-,41+,42+,43+,44-,50?,51+,52-/m1/s1. The molecular weight excluding hydrogens is 1220 g/mol. The van der Waals surface area contributed by atoms with Crippen LogP contribution < -0.4 is 53.4 Å². The van der Waals surface area contributed by atoms with E-state index in [1.807, 2.05) is 0 Å². The van der Waals surface area contributed by atoms with Crippen LogP contribution in [-0.2, 0) is 54.1 Å². The van der Waals surface area contributed by atoms with Crippen molar-refractivity contribution in [3.8, 4) is 5.75 Å². The van der Waals surface area contributed by atoms with Gasteiger partial charge in [0.15, 0.2) is 24.4 Å². The van der Waals surface area contributed by atoms with Crippen LogP contribution in [0.1, 0.15) is 24.0 Å². The molecule has 2 aromatic carbocycles. The Kier molecular flexibility index (Phi) is 23.4. The van der Waals surface area contributed by atoms with E-state index in [-0.39, 0.29) is 23.8 Å². The van der Waals surface area contributed by atoms with E-state index < -0.39 is 240 Å². The van der Waals surface area contributed by atoms with Crippen molar-refractivity contribution in [1.29, 1.82) is 0 Å². The van der Waals surface area contributed by atoms with Gasteiger partial charge in [0.05, 0.1) is 58.1 Å². The fourth-order valence-corrected chi connectivity index (χ4v) is 11.2. The number of amides is 6. The number of aliphatic hydroxyl groups excluding tert-OH is 14. The molecule has 12 unspecified atom stereocenters. The highest BCUT2D eigenvalue weighted by molar-refractivity contribution is 5.98. The summed E-state index contributed by atoms with van der Waals surface area (Å²) in [5, 5.41) is 167. The number of hydrogen-bond acceptors (Lipinski definition) is 31. The van der Waals surface area contributed by atoms with Gasteiger partial charge in [0, 0.05) is 12.3 Å². The summed E-state index contributed by atoms with van der Waals surface area (Å²) in [6.07, 6.45) is -31.7. The maximum Gasteiger partial charge on any atom is 0.246 e. The Balaban J connectivity index is 1.11. The van der Waals surface area contributed by atoms with Gasteiger partial charge in [-0.3, -0.25) is 38.8 Å². The summed E-state index contributed by atoms with van der Waals surface area (Å²) in [6.45, 7) is -3.97. The fraction of sp³-hybridized carbons (Fsp3) is 0.630. The van der Waals surface area contributed by atoms with Crippen LogP contribution in [0.3, 0.4) is 0 Å². The van der Waals surface area contributed by atoms with Gasteiger partial charge in [0.1, 0.15) is 121 Å². The number of aliphatic hydroxyl groups is 14. The molecule has 0 aliphatic carbocycles. The third-order valence-electron chi connectivity index (χ3n) is 16.5. The van der Waals surface area contributed by atoms with Crippen molar-refractivity contribution in [3.05, 3.63) is 65.7 Å². The number of rotatable bonds is 17. The molecule has 6 amide bonds. The third-order valence-corrected chi connectivity index (χ3v) is 16.5. The highest BCUT2D eigenvalue weighted by Gasteiger charge is 2.54. The number of carbonyl (C=O) groups excluding carboxylic acids is 6. The van der Waals surface area contributed by atoms with Gasteiger partial charge in [-0.25, -0.2) is 0 Å². The fourth-order valence-electron chi connectivity index (χ4n) is 11.2. The van der Waals surface area contributed by atoms with Gasteiger partial charge in [-0.2, -0.15) is 0 Å². The first-order valence-corrected chi connectivity index (χ1v) is 28.9. The second-order valence-corrected chi connectivity index (χ2v) is 22.6. The lowest BCUT2D eigenvalue weighted by molar-refractivity contribution is -0.352. The number of nitrogens with one attached hydrogen (secondary N) is 7. The Morgan fingerprint density at radius 3 is 1.77 bits per heavy atom. The van der Waals surface area contributed by atoms with Crippen molar-refractivity contribution in [2.45, 2.75) is 166 Å². The Morgan fingerprint density at radius 2 is 1.14 bits per heavy atom. The van der Waals surface area contributed by atoms with Gasteiger partial charge in [-0.15, -0.1) is 0 Å². The predicted molar refractivity (Wildman–Crippen MR) is 303 cm³/mol. The molecule has 6 aliphatic heterocycles. The quantitative estimate of drug-likeness (QED) is 0.0699. The SMILES string of the molecule is CC(c1ccccc1)C1NC(=O)CNC(=O)C(CO)NC(=O)C(C(O)C2CN=C(N)N2C2O[C@H](CO)[C@@H](O)[C@H](O)[C@@H]2O)NC(=O)C(C(O)C2CN=C(N)N2)NC(=O)C(Cc2ccc(O[C@H]3OC(CO)[C@@H](O[C@H]4O[C@H](CO)[C@@H](O)[C@H](O)[C@@H]4O)[C@H](O)[C@@H]3O)cc2)NC1=O. The van der Waals surface area contributed by atoms with E-state index in [1.165, 1.54) is 24.3 Å². The average Bonchev–Trinajstić information content (AvgIpc) is 1.85. The zero-order valence-corrected chi connectivity index (χ0v) is 48.5. The van der Waals surface area contributed by atoms with E-state index in [9.17, 15) is 90.7 Å². The van der Waals surface area contributed by atoms with Crippen molar-refractivity contribution < 1.29 is 124 Å². The molecule has 25 N–H and O–H groups in total. The molecule has 0 radical (unpaired) electrons. The van der Waals surface area contributed by atoms with Crippen molar-refractivity contribution in [2.24, 2.45) is 21.5 Å². The normalized spacial score (nSPS) is 37.5. The summed E-state index contributed by atoms with van der Waals surface area (Å²) in [6, 6.07) is 0.805. The van der Waals surface area contributed by atoms with Gasteiger partial charge in [0.25, 0.3) is 0 Å². The molecule has 0 aromatic heterocycles. The summed E-state index contributed by atoms with van der Waals surface area (Å²) < 4.78 is 28.3. The zero-order chi connectivity index (χ0) is 66.3. The number of ether oxygens (including phenoxy) is 5. The number of carbonyl (C=O) groups is 6.